The fraction of sp³-hybridized carbons (Fsp3) is 0.533. The van der Waals surface area contributed by atoms with E-state index in [4.69, 9.17) is 4.74 Å². The predicted octanol–water partition coefficient (Wildman–Crippen LogP) is 2.49. The maximum absolute atomic E-state index is 12.2. The molecule has 1 aliphatic rings. The minimum atomic E-state index is -0.172. The van der Waals surface area contributed by atoms with E-state index in [0.717, 1.165) is 36.7 Å². The molecule has 1 saturated heterocycles. The van der Waals surface area contributed by atoms with Gasteiger partial charge in [0.05, 0.1) is 31.1 Å². The summed E-state index contributed by atoms with van der Waals surface area (Å²) in [6, 6.07) is -0.172. The number of thiazole rings is 1. The summed E-state index contributed by atoms with van der Waals surface area (Å²) in [6.45, 7) is 4.00. The number of hydrogen-bond donors (Lipinski definition) is 1. The lowest BCUT2D eigenvalue weighted by Gasteiger charge is -2.15. The molecule has 3 heterocycles. The van der Waals surface area contributed by atoms with Gasteiger partial charge in [-0.25, -0.2) is 9.78 Å². The lowest BCUT2D eigenvalue weighted by atomic mass is 10.2. The lowest BCUT2D eigenvalue weighted by Crippen LogP contribution is -2.30. The first kappa shape index (κ1) is 15.9. The van der Waals surface area contributed by atoms with Crippen LogP contribution in [0, 0.1) is 6.92 Å². The Hall–Kier alpha value is -1.93. The zero-order chi connectivity index (χ0) is 16.2. The number of aryl methyl sites for hydroxylation is 1. The van der Waals surface area contributed by atoms with Crippen LogP contribution in [0.25, 0.3) is 0 Å². The average Bonchev–Trinajstić information content (AvgIpc) is 3.24. The van der Waals surface area contributed by atoms with Gasteiger partial charge in [0.25, 0.3) is 0 Å². The SMILES string of the molecule is Cc1csc(CN(C)C(=O)Nc2cnn(C[C@H]3CCCO3)c2)n1. The molecule has 0 aliphatic carbocycles. The molecule has 3 rings (SSSR count). The zero-order valence-corrected chi connectivity index (χ0v) is 14.2. The molecule has 2 aromatic heterocycles. The van der Waals surface area contributed by atoms with Crippen molar-refractivity contribution < 1.29 is 9.53 Å². The summed E-state index contributed by atoms with van der Waals surface area (Å²) in [5, 5.41) is 10.0. The Morgan fingerprint density at radius 2 is 2.48 bits per heavy atom. The average molecular weight is 335 g/mol. The molecular formula is C15H21N5O2S. The molecule has 1 fully saturated rings. The molecule has 23 heavy (non-hydrogen) atoms. The van der Waals surface area contributed by atoms with Crippen LogP contribution in [0.1, 0.15) is 23.5 Å². The molecule has 8 heteroatoms. The molecule has 0 aromatic carbocycles. The van der Waals surface area contributed by atoms with Gasteiger partial charge in [0.2, 0.25) is 0 Å². The second kappa shape index (κ2) is 7.10. The van der Waals surface area contributed by atoms with Gasteiger partial charge in [0.1, 0.15) is 5.01 Å². The molecule has 1 aliphatic heterocycles. The third-order valence-electron chi connectivity index (χ3n) is 3.68. The second-order valence-electron chi connectivity index (χ2n) is 5.75. The molecule has 2 amide bonds. The lowest BCUT2D eigenvalue weighted by molar-refractivity contribution is 0.0940. The van der Waals surface area contributed by atoms with E-state index >= 15 is 0 Å². The van der Waals surface area contributed by atoms with Crippen molar-refractivity contribution in [2.75, 3.05) is 19.0 Å². The zero-order valence-electron chi connectivity index (χ0n) is 13.4. The van der Waals surface area contributed by atoms with E-state index in [1.165, 1.54) is 0 Å². The Balaban J connectivity index is 1.51. The van der Waals surface area contributed by atoms with Crippen molar-refractivity contribution in [2.45, 2.75) is 39.0 Å². The van der Waals surface area contributed by atoms with Gasteiger partial charge in [-0.1, -0.05) is 0 Å². The normalized spacial score (nSPS) is 17.4. The van der Waals surface area contributed by atoms with Crippen LogP contribution >= 0.6 is 11.3 Å². The van der Waals surface area contributed by atoms with E-state index in [2.05, 4.69) is 15.4 Å². The van der Waals surface area contributed by atoms with Gasteiger partial charge in [-0.2, -0.15) is 5.10 Å². The van der Waals surface area contributed by atoms with E-state index in [1.807, 2.05) is 23.2 Å². The first-order valence-electron chi connectivity index (χ1n) is 7.67. The van der Waals surface area contributed by atoms with Crippen molar-refractivity contribution in [3.63, 3.8) is 0 Å². The Labute approximate surface area is 139 Å². The number of rotatable bonds is 5. The molecule has 7 nitrogen and oxygen atoms in total. The van der Waals surface area contributed by atoms with E-state index in [1.54, 1.807) is 29.5 Å². The van der Waals surface area contributed by atoms with Gasteiger partial charge in [0.15, 0.2) is 0 Å². The number of carbonyl (C=O) groups excluding carboxylic acids is 1. The number of urea groups is 1. The third kappa shape index (κ3) is 4.29. The van der Waals surface area contributed by atoms with E-state index in [-0.39, 0.29) is 12.1 Å². The number of nitrogens with zero attached hydrogens (tertiary/aromatic N) is 4. The van der Waals surface area contributed by atoms with Crippen LogP contribution in [0.2, 0.25) is 0 Å². The van der Waals surface area contributed by atoms with Crippen molar-refractivity contribution in [1.82, 2.24) is 19.7 Å². The minimum Gasteiger partial charge on any atom is -0.376 e. The molecule has 124 valence electrons. The number of amides is 2. The van der Waals surface area contributed by atoms with Crippen LogP contribution < -0.4 is 5.32 Å². The van der Waals surface area contributed by atoms with Crippen LogP contribution in [0.3, 0.4) is 0 Å². The molecule has 0 radical (unpaired) electrons. The quantitative estimate of drug-likeness (QED) is 0.911. The van der Waals surface area contributed by atoms with Crippen molar-refractivity contribution in [1.29, 1.82) is 0 Å². The Morgan fingerprint density at radius 1 is 1.61 bits per heavy atom. The van der Waals surface area contributed by atoms with E-state index in [0.29, 0.717) is 12.2 Å². The summed E-state index contributed by atoms with van der Waals surface area (Å²) >= 11 is 1.56. The monoisotopic (exact) mass is 335 g/mol. The highest BCUT2D eigenvalue weighted by Gasteiger charge is 2.17. The smallest absolute Gasteiger partial charge is 0.322 e. The molecule has 0 spiro atoms. The highest BCUT2D eigenvalue weighted by molar-refractivity contribution is 7.09. The van der Waals surface area contributed by atoms with Crippen molar-refractivity contribution in [3.05, 3.63) is 28.5 Å². The predicted molar refractivity (Wildman–Crippen MR) is 88.5 cm³/mol. The van der Waals surface area contributed by atoms with Gasteiger partial charge >= 0.3 is 6.03 Å². The molecule has 0 unspecified atom stereocenters. The van der Waals surface area contributed by atoms with Crippen LogP contribution in [-0.4, -0.2) is 45.5 Å². The second-order valence-corrected chi connectivity index (χ2v) is 6.70. The fourth-order valence-corrected chi connectivity index (χ4v) is 3.32. The number of aromatic nitrogens is 3. The van der Waals surface area contributed by atoms with E-state index in [9.17, 15) is 4.79 Å². The molecule has 0 saturated carbocycles. The summed E-state index contributed by atoms with van der Waals surface area (Å²) in [7, 11) is 1.75. The van der Waals surface area contributed by atoms with Gasteiger partial charge in [0, 0.05) is 30.9 Å². The summed E-state index contributed by atoms with van der Waals surface area (Å²) < 4.78 is 7.41. The Kier molecular flexibility index (Phi) is 4.92. The topological polar surface area (TPSA) is 72.3 Å². The van der Waals surface area contributed by atoms with Crippen LogP contribution in [0.15, 0.2) is 17.8 Å². The summed E-state index contributed by atoms with van der Waals surface area (Å²) in [5.74, 6) is 0. The highest BCUT2D eigenvalue weighted by Crippen LogP contribution is 2.15. The van der Waals surface area contributed by atoms with Gasteiger partial charge in [-0.3, -0.25) is 4.68 Å². The number of ether oxygens (including phenoxy) is 1. The van der Waals surface area contributed by atoms with Crippen molar-refractivity contribution >= 4 is 23.1 Å². The van der Waals surface area contributed by atoms with E-state index < -0.39 is 0 Å². The maximum Gasteiger partial charge on any atom is 0.322 e. The van der Waals surface area contributed by atoms with Gasteiger partial charge in [-0.15, -0.1) is 11.3 Å². The first-order chi connectivity index (χ1) is 11.1. The van der Waals surface area contributed by atoms with Crippen LogP contribution in [-0.2, 0) is 17.8 Å². The largest absolute Gasteiger partial charge is 0.376 e. The van der Waals surface area contributed by atoms with Gasteiger partial charge < -0.3 is 15.0 Å². The van der Waals surface area contributed by atoms with Crippen LogP contribution in [0.5, 0.6) is 0 Å². The minimum absolute atomic E-state index is 0.172. The number of carbonyl (C=O) groups is 1. The maximum atomic E-state index is 12.2. The molecule has 2 aromatic rings. The highest BCUT2D eigenvalue weighted by atomic mass is 32.1. The van der Waals surface area contributed by atoms with Crippen molar-refractivity contribution in [3.8, 4) is 0 Å². The Morgan fingerprint density at radius 3 is 3.17 bits per heavy atom. The molecule has 1 N–H and O–H groups in total. The third-order valence-corrected chi connectivity index (χ3v) is 4.64. The van der Waals surface area contributed by atoms with Crippen LogP contribution in [0.4, 0.5) is 10.5 Å². The summed E-state index contributed by atoms with van der Waals surface area (Å²) in [5.41, 5.74) is 1.67. The number of nitrogens with one attached hydrogen (secondary N) is 1. The fourth-order valence-electron chi connectivity index (χ4n) is 2.49. The van der Waals surface area contributed by atoms with Gasteiger partial charge in [-0.05, 0) is 19.8 Å². The summed E-state index contributed by atoms with van der Waals surface area (Å²) in [6.07, 6.45) is 5.90. The molecular weight excluding hydrogens is 314 g/mol. The Bertz CT molecular complexity index is 662. The standard InChI is InChI=1S/C15H21N5O2S/c1-11-10-23-14(17-11)9-19(2)15(21)18-12-6-16-20(7-12)8-13-4-3-5-22-13/h6-7,10,13H,3-5,8-9H2,1-2H3,(H,18,21)/t13-/m1/s1. The number of hydrogen-bond acceptors (Lipinski definition) is 5. The molecule has 1 atom stereocenters. The number of anilines is 1. The summed E-state index contributed by atoms with van der Waals surface area (Å²) in [4.78, 5) is 18.2. The molecule has 0 bridgehead atoms. The van der Waals surface area contributed by atoms with Crippen molar-refractivity contribution in [2.24, 2.45) is 0 Å². The first-order valence-corrected chi connectivity index (χ1v) is 8.55.